The fraction of sp³-hybridized carbons (Fsp3) is 0.379. The third-order valence-corrected chi connectivity index (χ3v) is 7.45. The lowest BCUT2D eigenvalue weighted by atomic mass is 9.79. The molecule has 8 heteroatoms. The minimum Gasteiger partial charge on any atom is -0.383 e. The van der Waals surface area contributed by atoms with Crippen molar-refractivity contribution in [3.8, 4) is 0 Å². The molecule has 0 spiro atoms. The van der Waals surface area contributed by atoms with Crippen LogP contribution in [-0.2, 0) is 12.1 Å². The molecule has 2 heterocycles. The van der Waals surface area contributed by atoms with E-state index in [1.807, 2.05) is 61.5 Å². The Balaban J connectivity index is 0.000000153. The van der Waals surface area contributed by atoms with Gasteiger partial charge in [0.05, 0.1) is 6.54 Å². The maximum atomic E-state index is 11.3. The average molecular weight is 517 g/mol. The molecule has 7 nitrogen and oxygen atoms in total. The molecule has 192 valence electrons. The van der Waals surface area contributed by atoms with E-state index < -0.39 is 5.60 Å². The van der Waals surface area contributed by atoms with Gasteiger partial charge in [0.15, 0.2) is 0 Å². The van der Waals surface area contributed by atoms with E-state index in [1.165, 1.54) is 37.7 Å². The number of rotatable bonds is 8. The first-order valence-corrected chi connectivity index (χ1v) is 13.3. The quantitative estimate of drug-likeness (QED) is 0.287. The standard InChI is InChI=1S/C15H18ClN3O.C14H15N3/c1-11(12-2-3-12)15(20,8-19-10-17-9-18-19)13-4-6-14(16)7-5-13;1-10-9-13(11-7-8-11)17-14(15-10)16-12-5-3-2-4-6-12/h4-7,9-12,20H,2-3,8H2,1H3;2-6,9,11H,7-8H2,1H3,(H,15,16,17). The third-order valence-electron chi connectivity index (χ3n) is 7.20. The van der Waals surface area contributed by atoms with Crippen molar-refractivity contribution in [3.05, 3.63) is 95.3 Å². The SMILES string of the molecule is CC(C1CC1)C(O)(Cn1cncn1)c1ccc(Cl)cc1.Cc1cc(C2CC2)nc(Nc2ccccc2)n1. The normalized spacial score (nSPS) is 17.3. The molecule has 2 N–H and O–H groups in total. The highest BCUT2D eigenvalue weighted by Crippen LogP contribution is 2.46. The predicted octanol–water partition coefficient (Wildman–Crippen LogP) is 6.27. The fourth-order valence-electron chi connectivity index (χ4n) is 4.67. The summed E-state index contributed by atoms with van der Waals surface area (Å²) in [7, 11) is 0. The number of aryl methyl sites for hydroxylation is 1. The topological polar surface area (TPSA) is 88.8 Å². The largest absolute Gasteiger partial charge is 0.383 e. The number of hydrogen-bond donors (Lipinski definition) is 2. The second kappa shape index (κ2) is 11.0. The lowest BCUT2D eigenvalue weighted by Crippen LogP contribution is -2.39. The number of aromatic nitrogens is 5. The van der Waals surface area contributed by atoms with Crippen LogP contribution in [0.25, 0.3) is 0 Å². The van der Waals surface area contributed by atoms with Crippen molar-refractivity contribution in [2.45, 2.75) is 57.6 Å². The Morgan fingerprint density at radius 2 is 1.78 bits per heavy atom. The van der Waals surface area contributed by atoms with Crippen LogP contribution in [0.2, 0.25) is 5.02 Å². The highest BCUT2D eigenvalue weighted by atomic mass is 35.5. The minimum atomic E-state index is -0.945. The zero-order valence-corrected chi connectivity index (χ0v) is 22.0. The first-order chi connectivity index (χ1) is 17.9. The van der Waals surface area contributed by atoms with Crippen molar-refractivity contribution in [1.29, 1.82) is 0 Å². The number of nitrogens with one attached hydrogen (secondary N) is 1. The van der Waals surface area contributed by atoms with Crippen LogP contribution in [0.15, 0.2) is 73.3 Å². The van der Waals surface area contributed by atoms with Gasteiger partial charge in [-0.1, -0.05) is 48.9 Å². The van der Waals surface area contributed by atoms with E-state index in [1.54, 1.807) is 11.0 Å². The van der Waals surface area contributed by atoms with Gasteiger partial charge in [0.1, 0.15) is 18.3 Å². The van der Waals surface area contributed by atoms with Gasteiger partial charge in [-0.2, -0.15) is 5.10 Å². The maximum Gasteiger partial charge on any atom is 0.227 e. The lowest BCUT2D eigenvalue weighted by molar-refractivity contribution is -0.0442. The van der Waals surface area contributed by atoms with Gasteiger partial charge in [-0.3, -0.25) is 0 Å². The van der Waals surface area contributed by atoms with Crippen LogP contribution < -0.4 is 5.32 Å². The van der Waals surface area contributed by atoms with E-state index in [2.05, 4.69) is 38.4 Å². The molecule has 37 heavy (non-hydrogen) atoms. The molecule has 0 bridgehead atoms. The van der Waals surface area contributed by atoms with Crippen molar-refractivity contribution in [1.82, 2.24) is 24.7 Å². The van der Waals surface area contributed by atoms with Gasteiger partial charge in [0.25, 0.3) is 0 Å². The molecule has 2 aliphatic rings. The number of hydrogen-bond acceptors (Lipinski definition) is 6. The Morgan fingerprint density at radius 3 is 2.41 bits per heavy atom. The first kappa shape index (κ1) is 25.4. The van der Waals surface area contributed by atoms with Crippen LogP contribution in [0, 0.1) is 18.8 Å². The van der Waals surface area contributed by atoms with Crippen molar-refractivity contribution >= 4 is 23.2 Å². The molecule has 0 amide bonds. The number of nitrogens with zero attached hydrogens (tertiary/aromatic N) is 5. The molecule has 0 radical (unpaired) electrons. The molecule has 2 atom stereocenters. The van der Waals surface area contributed by atoms with Gasteiger partial charge >= 0.3 is 0 Å². The number of aliphatic hydroxyl groups is 1. The number of para-hydroxylation sites is 1. The van der Waals surface area contributed by atoms with E-state index in [9.17, 15) is 5.11 Å². The van der Waals surface area contributed by atoms with Crippen molar-refractivity contribution < 1.29 is 5.11 Å². The van der Waals surface area contributed by atoms with Crippen LogP contribution in [0.1, 0.15) is 55.5 Å². The molecule has 2 aromatic carbocycles. The highest BCUT2D eigenvalue weighted by Gasteiger charge is 2.44. The monoisotopic (exact) mass is 516 g/mol. The smallest absolute Gasteiger partial charge is 0.227 e. The summed E-state index contributed by atoms with van der Waals surface area (Å²) in [4.78, 5) is 12.9. The van der Waals surface area contributed by atoms with Crippen molar-refractivity contribution in [2.24, 2.45) is 11.8 Å². The molecular formula is C29H33ClN6O. The fourth-order valence-corrected chi connectivity index (χ4v) is 4.80. The van der Waals surface area contributed by atoms with Gasteiger partial charge in [0, 0.05) is 28.0 Å². The average Bonchev–Trinajstić information content (AvgIpc) is 3.83. The molecule has 6 rings (SSSR count). The molecule has 0 aliphatic heterocycles. The van der Waals surface area contributed by atoms with E-state index in [0.717, 1.165) is 16.9 Å². The molecule has 0 saturated heterocycles. The minimum absolute atomic E-state index is 0.174. The molecule has 2 aromatic heterocycles. The Morgan fingerprint density at radius 1 is 1.05 bits per heavy atom. The van der Waals surface area contributed by atoms with Crippen LogP contribution in [-0.4, -0.2) is 29.8 Å². The summed E-state index contributed by atoms with van der Waals surface area (Å²) in [5, 5.41) is 19.3. The zero-order valence-electron chi connectivity index (χ0n) is 21.3. The Labute approximate surface area is 223 Å². The summed E-state index contributed by atoms with van der Waals surface area (Å²) >= 11 is 5.95. The third kappa shape index (κ3) is 6.53. The van der Waals surface area contributed by atoms with Crippen LogP contribution in [0.3, 0.4) is 0 Å². The molecule has 2 fully saturated rings. The van der Waals surface area contributed by atoms with E-state index in [-0.39, 0.29) is 5.92 Å². The Hall–Kier alpha value is -3.29. The Bertz CT molecular complexity index is 1290. The maximum absolute atomic E-state index is 11.3. The summed E-state index contributed by atoms with van der Waals surface area (Å²) in [5.74, 6) is 2.12. The summed E-state index contributed by atoms with van der Waals surface area (Å²) in [6.07, 6.45) is 8.04. The van der Waals surface area contributed by atoms with Gasteiger partial charge in [-0.05, 0) is 80.3 Å². The molecular weight excluding hydrogens is 484 g/mol. The Kier molecular flexibility index (Phi) is 7.53. The zero-order chi connectivity index (χ0) is 25.8. The first-order valence-electron chi connectivity index (χ1n) is 12.9. The van der Waals surface area contributed by atoms with Gasteiger partial charge in [-0.25, -0.2) is 19.6 Å². The van der Waals surface area contributed by atoms with E-state index >= 15 is 0 Å². The second-order valence-electron chi connectivity index (χ2n) is 10.2. The van der Waals surface area contributed by atoms with Crippen LogP contribution in [0.4, 0.5) is 11.6 Å². The summed E-state index contributed by atoms with van der Waals surface area (Å²) in [6, 6.07) is 19.6. The molecule has 4 aromatic rings. The number of benzene rings is 2. The van der Waals surface area contributed by atoms with Gasteiger partial charge in [-0.15, -0.1) is 0 Å². The van der Waals surface area contributed by atoms with Crippen LogP contribution in [0.5, 0.6) is 0 Å². The van der Waals surface area contributed by atoms with Crippen LogP contribution >= 0.6 is 11.6 Å². The summed E-state index contributed by atoms with van der Waals surface area (Å²) in [6.45, 7) is 4.54. The predicted molar refractivity (Wildman–Crippen MR) is 146 cm³/mol. The second-order valence-corrected chi connectivity index (χ2v) is 10.6. The molecule has 2 aliphatic carbocycles. The van der Waals surface area contributed by atoms with Gasteiger partial charge < -0.3 is 10.4 Å². The number of halogens is 1. The number of anilines is 2. The van der Waals surface area contributed by atoms with Crippen molar-refractivity contribution in [2.75, 3.05) is 5.32 Å². The lowest BCUT2D eigenvalue weighted by Gasteiger charge is -2.35. The summed E-state index contributed by atoms with van der Waals surface area (Å²) in [5.41, 5.74) is 3.17. The summed E-state index contributed by atoms with van der Waals surface area (Å²) < 4.78 is 1.69. The van der Waals surface area contributed by atoms with Crippen molar-refractivity contribution in [3.63, 3.8) is 0 Å². The van der Waals surface area contributed by atoms with E-state index in [4.69, 9.17) is 11.6 Å². The molecule has 2 unspecified atom stereocenters. The molecule has 2 saturated carbocycles. The van der Waals surface area contributed by atoms with Gasteiger partial charge in [0.2, 0.25) is 5.95 Å². The highest BCUT2D eigenvalue weighted by molar-refractivity contribution is 6.30. The van der Waals surface area contributed by atoms with E-state index in [0.29, 0.717) is 29.4 Å².